The largest absolute Gasteiger partial charge is 0.463 e. The van der Waals surface area contributed by atoms with Gasteiger partial charge in [-0.15, -0.1) is 16.5 Å². The van der Waals surface area contributed by atoms with Crippen LogP contribution in [0.2, 0.25) is 0 Å². The number of aliphatic hydroxyl groups excluding tert-OH is 1. The predicted octanol–water partition coefficient (Wildman–Crippen LogP) is -1.13. The summed E-state index contributed by atoms with van der Waals surface area (Å²) in [5, 5.41) is 17.5. The first-order chi connectivity index (χ1) is 18.2. The van der Waals surface area contributed by atoms with Crippen LogP contribution >= 0.6 is 11.6 Å². The van der Waals surface area contributed by atoms with Gasteiger partial charge in [-0.05, 0) is 6.92 Å². The molecule has 18 heteroatoms. The minimum atomic E-state index is -1.72. The average Bonchev–Trinajstić information content (AvgIpc) is 2.81. The highest BCUT2D eigenvalue weighted by Crippen LogP contribution is 2.28. The lowest BCUT2D eigenvalue weighted by Crippen LogP contribution is -2.68. The van der Waals surface area contributed by atoms with Crippen molar-refractivity contribution >= 4 is 47.4 Å². The fourth-order valence-corrected chi connectivity index (χ4v) is 3.61. The fraction of sp³-hybridized carbons (Fsp3) is 0.714. The van der Waals surface area contributed by atoms with Crippen LogP contribution in [0, 0.1) is 4.91 Å². The molecule has 220 valence electrons. The molecule has 7 unspecified atom stereocenters. The first kappa shape index (κ1) is 33.5. The Morgan fingerprint density at radius 3 is 2.00 bits per heavy atom. The molecule has 17 nitrogen and oxygen atoms in total. The van der Waals surface area contributed by atoms with Gasteiger partial charge in [0.1, 0.15) is 24.8 Å². The molecule has 3 N–H and O–H groups in total. The zero-order valence-corrected chi connectivity index (χ0v) is 22.5. The molecule has 1 heterocycles. The number of aliphatic hydroxyl groups is 1. The summed E-state index contributed by atoms with van der Waals surface area (Å²) < 4.78 is 26.3. The zero-order chi connectivity index (χ0) is 29.9. The second-order valence-corrected chi connectivity index (χ2v) is 8.58. The van der Waals surface area contributed by atoms with Crippen molar-refractivity contribution in [3.05, 3.63) is 4.91 Å². The monoisotopic (exact) mass is 582 g/mol. The number of amides is 3. The minimum absolute atomic E-state index is 0.162. The number of carbonyl (C=O) groups excluding carboxylic acids is 6. The molecule has 1 rings (SSSR count). The molecule has 3 amide bonds. The molecule has 1 aliphatic heterocycles. The molecule has 0 saturated carbocycles. The van der Waals surface area contributed by atoms with Gasteiger partial charge in [-0.2, -0.15) is 5.01 Å². The first-order valence-electron chi connectivity index (χ1n) is 11.5. The van der Waals surface area contributed by atoms with E-state index in [-0.39, 0.29) is 12.4 Å². The van der Waals surface area contributed by atoms with Gasteiger partial charge in [-0.25, -0.2) is 4.79 Å². The lowest BCUT2D eigenvalue weighted by atomic mass is 9.95. The van der Waals surface area contributed by atoms with Gasteiger partial charge in [-0.1, -0.05) is 0 Å². The summed E-state index contributed by atoms with van der Waals surface area (Å²) in [6.07, 6.45) is -7.64. The van der Waals surface area contributed by atoms with Gasteiger partial charge in [0.25, 0.3) is 0 Å². The third-order valence-corrected chi connectivity index (χ3v) is 5.13. The number of esters is 4. The van der Waals surface area contributed by atoms with Gasteiger partial charge >= 0.3 is 29.9 Å². The molecule has 7 atom stereocenters. The lowest BCUT2D eigenvalue weighted by molar-refractivity contribution is -0.271. The summed E-state index contributed by atoms with van der Waals surface area (Å²) in [5.41, 5.74) is 0. The van der Waals surface area contributed by atoms with E-state index in [1.165, 1.54) is 0 Å². The third kappa shape index (κ3) is 10.6. The van der Waals surface area contributed by atoms with Crippen molar-refractivity contribution < 1.29 is 57.6 Å². The average molecular weight is 583 g/mol. The maximum absolute atomic E-state index is 13.2. The Balaban J connectivity index is 3.43. The zero-order valence-electron chi connectivity index (χ0n) is 21.8. The number of ether oxygens (including phenoxy) is 5. The predicted molar refractivity (Wildman–Crippen MR) is 127 cm³/mol. The minimum Gasteiger partial charge on any atom is -0.463 e. The van der Waals surface area contributed by atoms with E-state index in [4.69, 9.17) is 35.3 Å². The van der Waals surface area contributed by atoms with E-state index in [1.807, 2.05) is 0 Å². The van der Waals surface area contributed by atoms with Gasteiger partial charge in [0.15, 0.2) is 12.2 Å². The number of hydrogen-bond acceptors (Lipinski definition) is 14. The standard InChI is InChI=1S/C21H31ClN4O13/c1-9(27)15(24-21(33)26(25-34)7-6-22)19(32)23-16-18(37-12(4)30)17(36-11(3)29)14(8-35-10(2)28)39-20(16)38-13(5)31/h9,14-18,20,27H,6-8H2,1-5H3,(H,23,32)(H,24,33). The highest BCUT2D eigenvalue weighted by Gasteiger charge is 2.53. The van der Waals surface area contributed by atoms with E-state index in [0.717, 1.165) is 34.6 Å². The Bertz CT molecular complexity index is 934. The van der Waals surface area contributed by atoms with Gasteiger partial charge in [0, 0.05) is 33.6 Å². The van der Waals surface area contributed by atoms with Crippen LogP contribution in [-0.4, -0.2) is 108 Å². The van der Waals surface area contributed by atoms with Crippen molar-refractivity contribution in [2.24, 2.45) is 5.29 Å². The van der Waals surface area contributed by atoms with Crippen LogP contribution in [-0.2, 0) is 47.7 Å². The maximum atomic E-state index is 13.2. The van der Waals surface area contributed by atoms with Gasteiger partial charge in [0.05, 0.1) is 17.9 Å². The number of nitrogens with one attached hydrogen (secondary N) is 2. The number of rotatable bonds is 12. The highest BCUT2D eigenvalue weighted by atomic mass is 35.5. The van der Waals surface area contributed by atoms with E-state index < -0.39 is 85.2 Å². The van der Waals surface area contributed by atoms with E-state index in [2.05, 4.69) is 15.9 Å². The van der Waals surface area contributed by atoms with Crippen LogP contribution in [0.25, 0.3) is 0 Å². The van der Waals surface area contributed by atoms with Crippen LogP contribution in [0.15, 0.2) is 5.29 Å². The molecule has 1 fully saturated rings. The second kappa shape index (κ2) is 15.7. The summed E-state index contributed by atoms with van der Waals surface area (Å²) in [5.74, 6) is -4.67. The van der Waals surface area contributed by atoms with Crippen molar-refractivity contribution in [2.75, 3.05) is 19.0 Å². The molecule has 0 aliphatic carbocycles. The highest BCUT2D eigenvalue weighted by molar-refractivity contribution is 6.18. The lowest BCUT2D eigenvalue weighted by Gasteiger charge is -2.44. The SMILES string of the molecule is CC(=O)OCC1OC(OC(C)=O)C(NC(=O)C(NC(=O)N(CCCl)N=O)C(C)O)C(OC(C)=O)C1OC(C)=O. The number of nitrogens with zero attached hydrogens (tertiary/aromatic N) is 2. The summed E-state index contributed by atoms with van der Waals surface area (Å²) in [6.45, 7) is 4.47. The number of alkyl halides is 1. The summed E-state index contributed by atoms with van der Waals surface area (Å²) in [6, 6.07) is -4.47. The summed E-state index contributed by atoms with van der Waals surface area (Å²) in [4.78, 5) is 83.5. The maximum Gasteiger partial charge on any atom is 0.341 e. The molecule has 0 radical (unpaired) electrons. The molecular weight excluding hydrogens is 552 g/mol. The Labute approximate surface area is 227 Å². The molecule has 0 aromatic carbocycles. The molecule has 0 aromatic rings. The van der Waals surface area contributed by atoms with Crippen LogP contribution in [0.1, 0.15) is 34.6 Å². The summed E-state index contributed by atoms with van der Waals surface area (Å²) in [7, 11) is 0. The third-order valence-electron chi connectivity index (χ3n) is 4.97. The molecule has 0 aromatic heterocycles. The van der Waals surface area contributed by atoms with Crippen molar-refractivity contribution in [3.8, 4) is 0 Å². The normalized spacial score (nSPS) is 23.7. The molecule has 0 bridgehead atoms. The van der Waals surface area contributed by atoms with Crippen molar-refractivity contribution in [1.82, 2.24) is 15.6 Å². The second-order valence-electron chi connectivity index (χ2n) is 8.20. The fourth-order valence-electron chi connectivity index (χ4n) is 3.45. The Kier molecular flexibility index (Phi) is 13.5. The van der Waals surface area contributed by atoms with Gasteiger partial charge in [0.2, 0.25) is 12.2 Å². The number of hydrogen-bond donors (Lipinski definition) is 3. The van der Waals surface area contributed by atoms with Crippen molar-refractivity contribution in [2.45, 2.75) is 77.4 Å². The number of nitroso groups, excluding NO2 is 1. The molecule has 39 heavy (non-hydrogen) atoms. The van der Waals surface area contributed by atoms with Gasteiger partial charge in [-0.3, -0.25) is 24.0 Å². The number of carbonyl (C=O) groups is 6. The van der Waals surface area contributed by atoms with Crippen LogP contribution in [0.3, 0.4) is 0 Å². The van der Waals surface area contributed by atoms with Crippen LogP contribution in [0.4, 0.5) is 4.79 Å². The van der Waals surface area contributed by atoms with Gasteiger partial charge < -0.3 is 39.4 Å². The number of urea groups is 1. The summed E-state index contributed by atoms with van der Waals surface area (Å²) >= 11 is 5.52. The van der Waals surface area contributed by atoms with Crippen LogP contribution < -0.4 is 10.6 Å². The molecular formula is C21H31ClN4O13. The van der Waals surface area contributed by atoms with E-state index in [1.54, 1.807) is 0 Å². The Morgan fingerprint density at radius 2 is 1.54 bits per heavy atom. The van der Waals surface area contributed by atoms with Crippen molar-refractivity contribution in [3.63, 3.8) is 0 Å². The van der Waals surface area contributed by atoms with E-state index in [9.17, 15) is 38.8 Å². The Hall–Kier alpha value is -3.57. The van der Waals surface area contributed by atoms with E-state index >= 15 is 0 Å². The molecule has 1 saturated heterocycles. The van der Waals surface area contributed by atoms with E-state index in [0.29, 0.717) is 5.01 Å². The quantitative estimate of drug-likeness (QED) is 0.0814. The smallest absolute Gasteiger partial charge is 0.341 e. The van der Waals surface area contributed by atoms with Crippen LogP contribution in [0.5, 0.6) is 0 Å². The molecule has 0 spiro atoms. The Morgan fingerprint density at radius 1 is 0.974 bits per heavy atom. The van der Waals surface area contributed by atoms with Crippen molar-refractivity contribution in [1.29, 1.82) is 0 Å². The molecule has 1 aliphatic rings. The number of halogens is 1. The first-order valence-corrected chi connectivity index (χ1v) is 12.0. The topological polar surface area (TPSA) is 226 Å².